The molecule has 0 radical (unpaired) electrons. The van der Waals surface area contributed by atoms with Crippen LogP contribution in [0.5, 0.6) is 5.75 Å². The zero-order valence-electron chi connectivity index (χ0n) is 25.4. The number of methoxy groups -OCH3 is 2. The number of hydrogen-bond donors (Lipinski definition) is 0. The smallest absolute Gasteiger partial charge is 0.338 e. The highest BCUT2D eigenvalue weighted by molar-refractivity contribution is 7.07. The van der Waals surface area contributed by atoms with Crippen LogP contribution < -0.4 is 19.6 Å². The maximum absolute atomic E-state index is 14.2. The first-order valence-corrected chi connectivity index (χ1v) is 15.0. The quantitative estimate of drug-likeness (QED) is 0.249. The van der Waals surface area contributed by atoms with Crippen LogP contribution in [0.15, 0.2) is 94.0 Å². The van der Waals surface area contributed by atoms with Crippen LogP contribution in [0, 0.1) is 20.8 Å². The molecule has 8 nitrogen and oxygen atoms in total. The molecular formula is C35H32N4O4S. The summed E-state index contributed by atoms with van der Waals surface area (Å²) in [5.41, 5.74) is 8.25. The van der Waals surface area contributed by atoms with Crippen molar-refractivity contribution in [2.75, 3.05) is 14.2 Å². The predicted octanol–water partition coefficient (Wildman–Crippen LogP) is 5.19. The molecule has 2 aromatic heterocycles. The van der Waals surface area contributed by atoms with Gasteiger partial charge >= 0.3 is 5.97 Å². The molecule has 0 amide bonds. The number of nitrogens with zero attached hydrogens (tertiary/aromatic N) is 4. The molecule has 3 aromatic carbocycles. The second-order valence-corrected chi connectivity index (χ2v) is 11.8. The Morgan fingerprint density at radius 3 is 2.27 bits per heavy atom. The third-order valence-electron chi connectivity index (χ3n) is 7.82. The summed E-state index contributed by atoms with van der Waals surface area (Å²) in [5, 5.41) is 5.02. The molecule has 222 valence electrons. The molecule has 6 rings (SSSR count). The number of esters is 1. The second-order valence-electron chi connectivity index (χ2n) is 10.8. The Kier molecular flexibility index (Phi) is 7.65. The number of carbonyl (C=O) groups excluding carboxylic acids is 1. The van der Waals surface area contributed by atoms with Crippen molar-refractivity contribution in [2.24, 2.45) is 4.99 Å². The van der Waals surface area contributed by atoms with E-state index in [9.17, 15) is 9.59 Å². The number of benzene rings is 3. The van der Waals surface area contributed by atoms with E-state index in [-0.39, 0.29) is 5.56 Å². The van der Waals surface area contributed by atoms with Crippen LogP contribution in [0.1, 0.15) is 40.8 Å². The standard InChI is InChI=1S/C35H32N4O4S/c1-20-16-21(2)29(22(3)17-20)31-25(19-38(37-31)26-10-8-7-9-11-26)18-28-33(40)39-32(24-12-14-27(42-5)15-13-24)30(34(41)43-6)23(4)36-35(39)44-28/h7-19,32H,1-6H3. The zero-order valence-corrected chi connectivity index (χ0v) is 26.2. The normalized spacial score (nSPS) is 14.8. The number of thiazole rings is 1. The summed E-state index contributed by atoms with van der Waals surface area (Å²) in [6.07, 6.45) is 3.83. The average molecular weight is 605 g/mol. The minimum Gasteiger partial charge on any atom is -0.497 e. The topological polar surface area (TPSA) is 87.7 Å². The number of fused-ring (bicyclic) bond motifs is 1. The molecular weight excluding hydrogens is 572 g/mol. The molecule has 1 aliphatic rings. The fraction of sp³-hybridized carbons (Fsp3) is 0.200. The second kappa shape index (κ2) is 11.6. The Labute approximate surface area is 258 Å². The van der Waals surface area contributed by atoms with Crippen molar-refractivity contribution in [3.8, 4) is 22.7 Å². The SMILES string of the molecule is COC(=O)C1=C(C)N=c2sc(=Cc3cn(-c4ccccc4)nc3-c3c(C)cc(C)cc3C)c(=O)n2C1c1ccc(OC)cc1. The van der Waals surface area contributed by atoms with E-state index in [1.165, 1.54) is 24.0 Å². The Morgan fingerprint density at radius 1 is 0.955 bits per heavy atom. The van der Waals surface area contributed by atoms with E-state index in [1.54, 1.807) is 18.6 Å². The number of aromatic nitrogens is 3. The van der Waals surface area contributed by atoms with E-state index in [0.29, 0.717) is 26.4 Å². The maximum atomic E-state index is 14.2. The van der Waals surface area contributed by atoms with Gasteiger partial charge in [-0.3, -0.25) is 9.36 Å². The van der Waals surface area contributed by atoms with Gasteiger partial charge in [0.2, 0.25) is 0 Å². The molecule has 0 saturated carbocycles. The van der Waals surface area contributed by atoms with Gasteiger partial charge in [0.05, 0.1) is 41.8 Å². The highest BCUT2D eigenvalue weighted by atomic mass is 32.1. The van der Waals surface area contributed by atoms with Gasteiger partial charge in [0.15, 0.2) is 4.80 Å². The Balaban J connectivity index is 1.59. The highest BCUT2D eigenvalue weighted by Crippen LogP contribution is 2.33. The number of para-hydroxylation sites is 1. The van der Waals surface area contributed by atoms with Gasteiger partial charge in [-0.25, -0.2) is 14.5 Å². The van der Waals surface area contributed by atoms with Gasteiger partial charge in [-0.15, -0.1) is 0 Å². The summed E-state index contributed by atoms with van der Waals surface area (Å²) in [6, 6.07) is 20.8. The lowest BCUT2D eigenvalue weighted by molar-refractivity contribution is -0.136. The minimum absolute atomic E-state index is 0.251. The highest BCUT2D eigenvalue weighted by Gasteiger charge is 2.33. The van der Waals surface area contributed by atoms with E-state index >= 15 is 0 Å². The molecule has 0 spiro atoms. The van der Waals surface area contributed by atoms with Gasteiger partial charge in [-0.1, -0.05) is 59.4 Å². The number of rotatable bonds is 6. The number of aryl methyl sites for hydroxylation is 3. The van der Waals surface area contributed by atoms with Crippen molar-refractivity contribution in [3.63, 3.8) is 0 Å². The van der Waals surface area contributed by atoms with Gasteiger partial charge in [0.25, 0.3) is 5.56 Å². The monoisotopic (exact) mass is 604 g/mol. The lowest BCUT2D eigenvalue weighted by Crippen LogP contribution is -2.39. The lowest BCUT2D eigenvalue weighted by atomic mass is 9.95. The third kappa shape index (κ3) is 5.09. The van der Waals surface area contributed by atoms with Crippen LogP contribution >= 0.6 is 11.3 Å². The van der Waals surface area contributed by atoms with Gasteiger partial charge in [-0.05, 0) is 74.7 Å². The molecule has 1 atom stereocenters. The van der Waals surface area contributed by atoms with Crippen molar-refractivity contribution in [3.05, 3.63) is 132 Å². The summed E-state index contributed by atoms with van der Waals surface area (Å²) >= 11 is 1.29. The Hall–Kier alpha value is -5.02. The molecule has 9 heteroatoms. The summed E-state index contributed by atoms with van der Waals surface area (Å²) in [5.74, 6) is 0.143. The van der Waals surface area contributed by atoms with Gasteiger partial charge in [-0.2, -0.15) is 5.10 Å². The van der Waals surface area contributed by atoms with Crippen molar-refractivity contribution >= 4 is 23.4 Å². The van der Waals surface area contributed by atoms with E-state index < -0.39 is 12.0 Å². The van der Waals surface area contributed by atoms with E-state index in [0.717, 1.165) is 39.2 Å². The molecule has 0 aliphatic carbocycles. The first kappa shape index (κ1) is 29.1. The third-order valence-corrected chi connectivity index (χ3v) is 8.81. The number of allylic oxidation sites excluding steroid dienone is 1. The van der Waals surface area contributed by atoms with Crippen molar-refractivity contribution in [1.82, 2.24) is 14.3 Å². The van der Waals surface area contributed by atoms with E-state index in [1.807, 2.05) is 71.6 Å². The van der Waals surface area contributed by atoms with Gasteiger partial charge < -0.3 is 9.47 Å². The molecule has 5 aromatic rings. The van der Waals surface area contributed by atoms with Crippen LogP contribution in [0.25, 0.3) is 23.0 Å². The van der Waals surface area contributed by atoms with Crippen LogP contribution in [0.2, 0.25) is 0 Å². The molecule has 1 unspecified atom stereocenters. The molecule has 0 bridgehead atoms. The molecule has 1 aliphatic heterocycles. The summed E-state index contributed by atoms with van der Waals surface area (Å²) in [4.78, 5) is 32.5. The van der Waals surface area contributed by atoms with Crippen molar-refractivity contribution in [2.45, 2.75) is 33.7 Å². The first-order chi connectivity index (χ1) is 21.2. The number of carbonyl (C=O) groups is 1. The number of hydrogen-bond acceptors (Lipinski definition) is 7. The zero-order chi connectivity index (χ0) is 31.1. The minimum atomic E-state index is -0.708. The molecule has 0 N–H and O–H groups in total. The molecule has 0 fully saturated rings. The Morgan fingerprint density at radius 2 is 1.64 bits per heavy atom. The van der Waals surface area contributed by atoms with Crippen LogP contribution in [0.4, 0.5) is 0 Å². The summed E-state index contributed by atoms with van der Waals surface area (Å²) in [6.45, 7) is 8.02. The van der Waals surface area contributed by atoms with Crippen LogP contribution in [0.3, 0.4) is 0 Å². The molecule has 3 heterocycles. The van der Waals surface area contributed by atoms with Crippen molar-refractivity contribution < 1.29 is 14.3 Å². The number of ether oxygens (including phenoxy) is 2. The molecule has 44 heavy (non-hydrogen) atoms. The fourth-order valence-electron chi connectivity index (χ4n) is 5.89. The van der Waals surface area contributed by atoms with Crippen LogP contribution in [-0.4, -0.2) is 34.5 Å². The van der Waals surface area contributed by atoms with Crippen LogP contribution in [-0.2, 0) is 9.53 Å². The largest absolute Gasteiger partial charge is 0.497 e. The predicted molar refractivity (Wildman–Crippen MR) is 172 cm³/mol. The average Bonchev–Trinajstić information content (AvgIpc) is 3.56. The summed E-state index contributed by atoms with van der Waals surface area (Å²) < 4.78 is 14.4. The fourth-order valence-corrected chi connectivity index (χ4v) is 6.93. The first-order valence-electron chi connectivity index (χ1n) is 14.2. The lowest BCUT2D eigenvalue weighted by Gasteiger charge is -2.24. The van der Waals surface area contributed by atoms with Gasteiger partial charge in [0, 0.05) is 17.3 Å². The Bertz CT molecular complexity index is 2100. The van der Waals surface area contributed by atoms with Crippen molar-refractivity contribution in [1.29, 1.82) is 0 Å². The maximum Gasteiger partial charge on any atom is 0.338 e. The van der Waals surface area contributed by atoms with E-state index in [2.05, 4.69) is 32.9 Å². The molecule has 0 saturated heterocycles. The van der Waals surface area contributed by atoms with Gasteiger partial charge in [0.1, 0.15) is 11.4 Å². The van der Waals surface area contributed by atoms with E-state index in [4.69, 9.17) is 19.6 Å². The summed E-state index contributed by atoms with van der Waals surface area (Å²) in [7, 11) is 2.93.